The number of benzene rings is 1. The summed E-state index contributed by atoms with van der Waals surface area (Å²) in [5, 5.41) is 2.61. The van der Waals surface area contributed by atoms with Crippen LogP contribution in [-0.4, -0.2) is 57.4 Å². The van der Waals surface area contributed by atoms with E-state index >= 15 is 0 Å². The number of carbonyl (C=O) groups excluding carboxylic acids is 1. The molecule has 2 rings (SSSR count). The molecule has 1 amide bonds. The number of sulfone groups is 1. The lowest BCUT2D eigenvalue weighted by Crippen LogP contribution is -2.44. The molecule has 0 bridgehead atoms. The number of nitrogens with one attached hydrogen (secondary N) is 1. The molecule has 1 heterocycles. The van der Waals surface area contributed by atoms with Gasteiger partial charge in [0, 0.05) is 12.6 Å². The van der Waals surface area contributed by atoms with Crippen molar-refractivity contribution in [3.63, 3.8) is 0 Å². The number of carbonyl (C=O) groups is 1. The third-order valence-corrected chi connectivity index (χ3v) is 6.83. The Morgan fingerprint density at radius 2 is 1.92 bits per heavy atom. The number of aryl methyl sites for hydroxylation is 1. The number of rotatable bonds is 6. The van der Waals surface area contributed by atoms with E-state index in [1.54, 1.807) is 0 Å². The standard InChI is InChI=1S/C15H22N2O5S2/c1-12-3-5-13(6-4-12)9-17(23(2,19)20)10-15(18)16-14-7-8-24(21,22)11-14/h3-6,14H,7-11H2,1-2H3,(H,16,18). The zero-order chi connectivity index (χ0) is 18.0. The zero-order valence-corrected chi connectivity index (χ0v) is 15.4. The molecule has 134 valence electrons. The van der Waals surface area contributed by atoms with E-state index in [0.717, 1.165) is 21.7 Å². The summed E-state index contributed by atoms with van der Waals surface area (Å²) in [7, 11) is -6.67. The van der Waals surface area contributed by atoms with E-state index < -0.39 is 31.8 Å². The average molecular weight is 374 g/mol. The maximum absolute atomic E-state index is 12.1. The molecule has 1 aliphatic heterocycles. The summed E-state index contributed by atoms with van der Waals surface area (Å²) >= 11 is 0. The van der Waals surface area contributed by atoms with Crippen LogP contribution in [0.3, 0.4) is 0 Å². The van der Waals surface area contributed by atoms with Gasteiger partial charge in [0.1, 0.15) is 0 Å². The van der Waals surface area contributed by atoms with Crippen LogP contribution in [0.25, 0.3) is 0 Å². The SMILES string of the molecule is Cc1ccc(CN(CC(=O)NC2CCS(=O)(=O)C2)S(C)(=O)=O)cc1. The highest BCUT2D eigenvalue weighted by molar-refractivity contribution is 7.91. The molecule has 1 aromatic carbocycles. The van der Waals surface area contributed by atoms with E-state index in [9.17, 15) is 21.6 Å². The van der Waals surface area contributed by atoms with Crippen LogP contribution in [0.1, 0.15) is 17.5 Å². The van der Waals surface area contributed by atoms with Crippen LogP contribution < -0.4 is 5.32 Å². The maximum atomic E-state index is 12.1. The lowest BCUT2D eigenvalue weighted by Gasteiger charge is -2.21. The molecule has 0 aliphatic carbocycles. The van der Waals surface area contributed by atoms with E-state index in [-0.39, 0.29) is 24.6 Å². The number of nitrogens with zero attached hydrogens (tertiary/aromatic N) is 1. The molecular weight excluding hydrogens is 352 g/mol. The van der Waals surface area contributed by atoms with Gasteiger partial charge in [0.2, 0.25) is 15.9 Å². The van der Waals surface area contributed by atoms with Crippen LogP contribution in [0.2, 0.25) is 0 Å². The van der Waals surface area contributed by atoms with Crippen LogP contribution in [0.4, 0.5) is 0 Å². The predicted octanol–water partition coefficient (Wildman–Crippen LogP) is 0.0599. The molecular formula is C15H22N2O5S2. The van der Waals surface area contributed by atoms with Crippen molar-refractivity contribution in [3.05, 3.63) is 35.4 Å². The lowest BCUT2D eigenvalue weighted by atomic mass is 10.1. The fourth-order valence-electron chi connectivity index (χ4n) is 2.53. The molecule has 1 saturated heterocycles. The van der Waals surface area contributed by atoms with Crippen molar-refractivity contribution in [1.29, 1.82) is 0 Å². The minimum Gasteiger partial charge on any atom is -0.351 e. The van der Waals surface area contributed by atoms with Crippen LogP contribution in [0.5, 0.6) is 0 Å². The molecule has 0 saturated carbocycles. The number of hydrogen-bond acceptors (Lipinski definition) is 5. The van der Waals surface area contributed by atoms with E-state index in [1.807, 2.05) is 31.2 Å². The third kappa shape index (κ3) is 5.57. The van der Waals surface area contributed by atoms with Crippen LogP contribution >= 0.6 is 0 Å². The summed E-state index contributed by atoms with van der Waals surface area (Å²) in [6, 6.07) is 6.94. The Morgan fingerprint density at radius 1 is 1.29 bits per heavy atom. The topological polar surface area (TPSA) is 101 Å². The second kappa shape index (κ2) is 7.20. The Morgan fingerprint density at radius 3 is 2.42 bits per heavy atom. The monoisotopic (exact) mass is 374 g/mol. The highest BCUT2D eigenvalue weighted by Gasteiger charge is 2.30. The molecule has 0 aromatic heterocycles. The zero-order valence-electron chi connectivity index (χ0n) is 13.7. The molecule has 24 heavy (non-hydrogen) atoms. The Balaban J connectivity index is 2.01. The Hall–Kier alpha value is -1.45. The minimum absolute atomic E-state index is 0.0527. The fraction of sp³-hybridized carbons (Fsp3) is 0.533. The Bertz CT molecular complexity index is 801. The van der Waals surface area contributed by atoms with Gasteiger partial charge in [-0.15, -0.1) is 0 Å². The molecule has 1 aromatic rings. The quantitative estimate of drug-likeness (QED) is 0.759. The molecule has 1 aliphatic rings. The molecule has 7 nitrogen and oxygen atoms in total. The summed E-state index contributed by atoms with van der Waals surface area (Å²) in [6.45, 7) is 1.69. The first kappa shape index (κ1) is 18.9. The summed E-state index contributed by atoms with van der Waals surface area (Å²) in [6.07, 6.45) is 1.42. The minimum atomic E-state index is -3.57. The third-order valence-electron chi connectivity index (χ3n) is 3.87. The average Bonchev–Trinajstić information content (AvgIpc) is 2.78. The highest BCUT2D eigenvalue weighted by Crippen LogP contribution is 2.12. The summed E-state index contributed by atoms with van der Waals surface area (Å²) in [5.74, 6) is -0.526. The summed E-state index contributed by atoms with van der Waals surface area (Å²) in [4.78, 5) is 12.1. The molecule has 0 radical (unpaired) electrons. The second-order valence-electron chi connectivity index (χ2n) is 6.18. The van der Waals surface area contributed by atoms with Crippen molar-refractivity contribution in [2.75, 3.05) is 24.3 Å². The summed E-state index contributed by atoms with van der Waals surface area (Å²) in [5.41, 5.74) is 1.84. The molecule has 1 unspecified atom stereocenters. The Kier molecular flexibility index (Phi) is 5.67. The van der Waals surface area contributed by atoms with Crippen molar-refractivity contribution in [2.24, 2.45) is 0 Å². The number of sulfonamides is 1. The van der Waals surface area contributed by atoms with Crippen LogP contribution in [0, 0.1) is 6.92 Å². The van der Waals surface area contributed by atoms with Crippen molar-refractivity contribution in [3.8, 4) is 0 Å². The van der Waals surface area contributed by atoms with Gasteiger partial charge in [-0.05, 0) is 18.9 Å². The van der Waals surface area contributed by atoms with E-state index in [4.69, 9.17) is 0 Å². The molecule has 1 fully saturated rings. The second-order valence-corrected chi connectivity index (χ2v) is 10.4. The number of hydrogen-bond donors (Lipinski definition) is 1. The van der Waals surface area contributed by atoms with Crippen molar-refractivity contribution in [1.82, 2.24) is 9.62 Å². The largest absolute Gasteiger partial charge is 0.351 e. The van der Waals surface area contributed by atoms with Crippen LogP contribution in [0.15, 0.2) is 24.3 Å². The van der Waals surface area contributed by atoms with Gasteiger partial charge in [0.15, 0.2) is 9.84 Å². The first-order chi connectivity index (χ1) is 11.0. The van der Waals surface area contributed by atoms with Gasteiger partial charge in [-0.3, -0.25) is 4.79 Å². The van der Waals surface area contributed by atoms with E-state index in [0.29, 0.717) is 6.42 Å². The Labute approximate surface area is 143 Å². The van der Waals surface area contributed by atoms with E-state index in [2.05, 4.69) is 5.32 Å². The summed E-state index contributed by atoms with van der Waals surface area (Å²) < 4.78 is 47.8. The predicted molar refractivity (Wildman–Crippen MR) is 91.6 cm³/mol. The number of amides is 1. The molecule has 0 spiro atoms. The highest BCUT2D eigenvalue weighted by atomic mass is 32.2. The molecule has 9 heteroatoms. The van der Waals surface area contributed by atoms with Crippen LogP contribution in [-0.2, 0) is 31.2 Å². The van der Waals surface area contributed by atoms with Crippen molar-refractivity contribution in [2.45, 2.75) is 25.9 Å². The van der Waals surface area contributed by atoms with Gasteiger partial charge < -0.3 is 5.32 Å². The normalized spacial score (nSPS) is 20.2. The van der Waals surface area contributed by atoms with Gasteiger partial charge >= 0.3 is 0 Å². The fourth-order valence-corrected chi connectivity index (χ4v) is 4.94. The van der Waals surface area contributed by atoms with Gasteiger partial charge in [-0.1, -0.05) is 29.8 Å². The van der Waals surface area contributed by atoms with Gasteiger partial charge in [-0.2, -0.15) is 4.31 Å². The molecule has 1 N–H and O–H groups in total. The lowest BCUT2D eigenvalue weighted by molar-refractivity contribution is -0.121. The maximum Gasteiger partial charge on any atom is 0.235 e. The first-order valence-electron chi connectivity index (χ1n) is 7.56. The van der Waals surface area contributed by atoms with Gasteiger partial charge in [0.05, 0.1) is 24.3 Å². The van der Waals surface area contributed by atoms with Gasteiger partial charge in [0.25, 0.3) is 0 Å². The van der Waals surface area contributed by atoms with E-state index in [1.165, 1.54) is 0 Å². The van der Waals surface area contributed by atoms with Crippen molar-refractivity contribution >= 4 is 25.8 Å². The van der Waals surface area contributed by atoms with Gasteiger partial charge in [-0.25, -0.2) is 16.8 Å². The van der Waals surface area contributed by atoms with Crippen molar-refractivity contribution < 1.29 is 21.6 Å². The molecule has 1 atom stereocenters. The first-order valence-corrected chi connectivity index (χ1v) is 11.2. The smallest absolute Gasteiger partial charge is 0.235 e.